The molecule has 0 fully saturated rings. The van der Waals surface area contributed by atoms with E-state index in [9.17, 15) is 4.39 Å². The van der Waals surface area contributed by atoms with Crippen molar-refractivity contribution in [3.63, 3.8) is 0 Å². The van der Waals surface area contributed by atoms with Crippen LogP contribution in [0.5, 0.6) is 0 Å². The quantitative estimate of drug-likeness (QED) is 0.689. The second-order valence-corrected chi connectivity index (χ2v) is 3.40. The van der Waals surface area contributed by atoms with E-state index in [4.69, 9.17) is 23.2 Å². The zero-order valence-electron chi connectivity index (χ0n) is 6.28. The molecule has 0 aliphatic carbocycles. The summed E-state index contributed by atoms with van der Waals surface area (Å²) in [6.07, 6.45) is 0.338. The van der Waals surface area contributed by atoms with Gasteiger partial charge in [-0.05, 0) is 17.7 Å². The fourth-order valence-electron chi connectivity index (χ4n) is 0.872. The average molecular weight is 205 g/mol. The van der Waals surface area contributed by atoms with Gasteiger partial charge in [0, 0.05) is 16.5 Å². The first kappa shape index (κ1) is 9.56. The second kappa shape index (κ2) is 3.92. The van der Waals surface area contributed by atoms with Gasteiger partial charge in [-0.15, -0.1) is 0 Å². The van der Waals surface area contributed by atoms with Crippen LogP contribution in [0.4, 0.5) is 4.39 Å². The van der Waals surface area contributed by atoms with Crippen molar-refractivity contribution >= 4 is 23.2 Å². The zero-order chi connectivity index (χ0) is 9.14. The Hall–Kier alpha value is -0.530. The number of hydrogen-bond donors (Lipinski definition) is 0. The van der Waals surface area contributed by atoms with E-state index in [0.29, 0.717) is 22.0 Å². The van der Waals surface area contributed by atoms with Crippen molar-refractivity contribution in [3.05, 3.63) is 46.2 Å². The lowest BCUT2D eigenvalue weighted by Crippen LogP contribution is -1.89. The molecule has 0 unspecified atom stereocenters. The first-order valence-electron chi connectivity index (χ1n) is 3.37. The van der Waals surface area contributed by atoms with Crippen LogP contribution in [0.25, 0.3) is 0 Å². The molecule has 0 aliphatic rings. The second-order valence-electron chi connectivity index (χ2n) is 2.43. The molecule has 0 nitrogen and oxygen atoms in total. The Morgan fingerprint density at radius 3 is 2.67 bits per heavy atom. The molecule has 64 valence electrons. The molecule has 0 amide bonds. The van der Waals surface area contributed by atoms with Gasteiger partial charge in [0.25, 0.3) is 0 Å². The molecule has 0 bridgehead atoms. The van der Waals surface area contributed by atoms with Gasteiger partial charge in [0.2, 0.25) is 0 Å². The van der Waals surface area contributed by atoms with E-state index in [-0.39, 0.29) is 5.82 Å². The summed E-state index contributed by atoms with van der Waals surface area (Å²) in [4.78, 5) is 0. The van der Waals surface area contributed by atoms with Crippen molar-refractivity contribution in [2.75, 3.05) is 0 Å². The van der Waals surface area contributed by atoms with Crippen LogP contribution in [0.1, 0.15) is 5.56 Å². The molecule has 0 heterocycles. The molecule has 0 saturated carbocycles. The molecular weight excluding hydrogens is 198 g/mol. The fourth-order valence-corrected chi connectivity index (χ4v) is 1.17. The Balaban J connectivity index is 2.93. The highest BCUT2D eigenvalue weighted by Crippen LogP contribution is 2.17. The van der Waals surface area contributed by atoms with Crippen molar-refractivity contribution in [2.24, 2.45) is 0 Å². The highest BCUT2D eigenvalue weighted by molar-refractivity contribution is 6.30. The summed E-state index contributed by atoms with van der Waals surface area (Å²) in [6, 6.07) is 4.49. The minimum absolute atomic E-state index is 0.338. The first-order valence-corrected chi connectivity index (χ1v) is 4.12. The molecule has 0 saturated heterocycles. The van der Waals surface area contributed by atoms with E-state index in [1.807, 2.05) is 0 Å². The smallest absolute Gasteiger partial charge is 0.128 e. The van der Waals surface area contributed by atoms with Gasteiger partial charge in [0.15, 0.2) is 0 Å². The van der Waals surface area contributed by atoms with Crippen LogP contribution >= 0.6 is 23.2 Å². The van der Waals surface area contributed by atoms with Crippen LogP contribution in [0.15, 0.2) is 29.8 Å². The van der Waals surface area contributed by atoms with Gasteiger partial charge < -0.3 is 0 Å². The maximum Gasteiger partial charge on any atom is 0.128 e. The molecular formula is C9H7Cl2F. The van der Waals surface area contributed by atoms with Crippen LogP contribution in [0.3, 0.4) is 0 Å². The summed E-state index contributed by atoms with van der Waals surface area (Å²) < 4.78 is 13.0. The standard InChI is InChI=1S/C9H7Cl2F/c1-6(10)4-7-2-3-8(11)5-9(7)12/h2-3,5H,1,4H2. The molecule has 0 N–H and O–H groups in total. The molecule has 3 heteroatoms. The number of hydrogen-bond acceptors (Lipinski definition) is 0. The third-order valence-corrected chi connectivity index (χ3v) is 1.77. The number of allylic oxidation sites excluding steroid dienone is 1. The largest absolute Gasteiger partial charge is 0.207 e. The lowest BCUT2D eigenvalue weighted by atomic mass is 10.1. The number of halogens is 3. The fraction of sp³-hybridized carbons (Fsp3) is 0.111. The molecule has 12 heavy (non-hydrogen) atoms. The van der Waals surface area contributed by atoms with Gasteiger partial charge in [-0.1, -0.05) is 35.8 Å². The molecule has 0 aliphatic heterocycles. The molecule has 0 atom stereocenters. The van der Waals surface area contributed by atoms with E-state index >= 15 is 0 Å². The average Bonchev–Trinajstić information content (AvgIpc) is 1.94. The van der Waals surface area contributed by atoms with Crippen LogP contribution < -0.4 is 0 Å². The zero-order valence-corrected chi connectivity index (χ0v) is 7.79. The van der Waals surface area contributed by atoms with Gasteiger partial charge in [-0.3, -0.25) is 0 Å². The van der Waals surface area contributed by atoms with Gasteiger partial charge >= 0.3 is 0 Å². The van der Waals surface area contributed by atoms with Crippen LogP contribution in [0.2, 0.25) is 5.02 Å². The van der Waals surface area contributed by atoms with Crippen LogP contribution in [-0.2, 0) is 6.42 Å². The van der Waals surface area contributed by atoms with E-state index in [0.717, 1.165) is 0 Å². The monoisotopic (exact) mass is 204 g/mol. The predicted octanol–water partition coefficient (Wildman–Crippen LogP) is 3.77. The van der Waals surface area contributed by atoms with E-state index in [2.05, 4.69) is 6.58 Å². The summed E-state index contributed by atoms with van der Waals surface area (Å²) in [5.74, 6) is -0.343. The number of rotatable bonds is 2. The molecule has 1 rings (SSSR count). The highest BCUT2D eigenvalue weighted by atomic mass is 35.5. The summed E-state index contributed by atoms with van der Waals surface area (Å²) >= 11 is 11.1. The van der Waals surface area contributed by atoms with E-state index < -0.39 is 0 Å². The highest BCUT2D eigenvalue weighted by Gasteiger charge is 2.02. The lowest BCUT2D eigenvalue weighted by molar-refractivity contribution is 0.614. The molecule has 0 spiro atoms. The summed E-state index contributed by atoms with van der Waals surface area (Å²) in [6.45, 7) is 3.48. The molecule has 0 aromatic heterocycles. The lowest BCUT2D eigenvalue weighted by Gasteiger charge is -2.00. The van der Waals surface area contributed by atoms with Crippen molar-refractivity contribution in [3.8, 4) is 0 Å². The third kappa shape index (κ3) is 2.50. The Bertz CT molecular complexity index is 307. The van der Waals surface area contributed by atoms with Gasteiger partial charge in [0.1, 0.15) is 5.82 Å². The minimum Gasteiger partial charge on any atom is -0.207 e. The first-order chi connectivity index (χ1) is 5.59. The van der Waals surface area contributed by atoms with Crippen molar-refractivity contribution in [1.82, 2.24) is 0 Å². The SMILES string of the molecule is C=C(Cl)Cc1ccc(Cl)cc1F. The Labute approximate surface area is 80.6 Å². The topological polar surface area (TPSA) is 0 Å². The third-order valence-electron chi connectivity index (χ3n) is 1.40. The Morgan fingerprint density at radius 2 is 2.17 bits per heavy atom. The minimum atomic E-state index is -0.343. The van der Waals surface area contributed by atoms with Crippen LogP contribution in [0, 0.1) is 5.82 Å². The summed E-state index contributed by atoms with van der Waals surface area (Å²) in [7, 11) is 0. The van der Waals surface area contributed by atoms with E-state index in [1.54, 1.807) is 12.1 Å². The summed E-state index contributed by atoms with van der Waals surface area (Å²) in [5.41, 5.74) is 0.513. The molecule has 1 aromatic rings. The Kier molecular flexibility index (Phi) is 3.12. The number of benzene rings is 1. The van der Waals surface area contributed by atoms with Crippen LogP contribution in [-0.4, -0.2) is 0 Å². The maximum absolute atomic E-state index is 13.0. The normalized spacial score (nSPS) is 9.92. The van der Waals surface area contributed by atoms with Gasteiger partial charge in [0.05, 0.1) is 0 Å². The molecule has 1 aromatic carbocycles. The van der Waals surface area contributed by atoms with Gasteiger partial charge in [-0.2, -0.15) is 0 Å². The predicted molar refractivity (Wildman–Crippen MR) is 50.1 cm³/mol. The van der Waals surface area contributed by atoms with Crippen molar-refractivity contribution in [2.45, 2.75) is 6.42 Å². The van der Waals surface area contributed by atoms with Crippen molar-refractivity contribution < 1.29 is 4.39 Å². The molecule has 0 radical (unpaired) electrons. The van der Waals surface area contributed by atoms with Crippen molar-refractivity contribution in [1.29, 1.82) is 0 Å². The van der Waals surface area contributed by atoms with Gasteiger partial charge in [-0.25, -0.2) is 4.39 Å². The Morgan fingerprint density at radius 1 is 1.50 bits per heavy atom. The summed E-state index contributed by atoms with van der Waals surface area (Å²) in [5, 5.41) is 0.799. The van der Waals surface area contributed by atoms with E-state index in [1.165, 1.54) is 6.07 Å². The maximum atomic E-state index is 13.0.